The van der Waals surface area contributed by atoms with Crippen LogP contribution in [0, 0.1) is 0 Å². The summed E-state index contributed by atoms with van der Waals surface area (Å²) in [4.78, 5) is 42.7. The van der Waals surface area contributed by atoms with Crippen LogP contribution in [-0.2, 0) is 28.2 Å². The van der Waals surface area contributed by atoms with Gasteiger partial charge in [-0.05, 0) is 38.5 Å². The number of allylic oxidation sites excluding steroid dienone is 2. The summed E-state index contributed by atoms with van der Waals surface area (Å²) in [5, 5.41) is 0. The van der Waals surface area contributed by atoms with Crippen LogP contribution in [0.2, 0.25) is 0 Å². The Labute approximate surface area is 282 Å². The van der Waals surface area contributed by atoms with E-state index >= 15 is 0 Å². The molecule has 0 saturated heterocycles. The molecule has 0 unspecified atom stereocenters. The van der Waals surface area contributed by atoms with E-state index in [9.17, 15) is 14.2 Å². The molecular weight excluding hydrogens is 603 g/mol. The molecule has 0 fully saturated rings. The predicted molar refractivity (Wildman–Crippen MR) is 189 cm³/mol. The number of hydrogen-bond acceptors (Lipinski definition) is 6. The molecule has 0 aliphatic rings. The number of phosphoric ester groups is 1. The second-order valence-electron chi connectivity index (χ2n) is 12.9. The van der Waals surface area contributed by atoms with Gasteiger partial charge in [0.1, 0.15) is 6.61 Å². The van der Waals surface area contributed by atoms with Gasteiger partial charge in [-0.2, -0.15) is 0 Å². The lowest BCUT2D eigenvalue weighted by molar-refractivity contribution is -0.161. The van der Waals surface area contributed by atoms with Gasteiger partial charge < -0.3 is 19.3 Å². The highest BCUT2D eigenvalue weighted by Gasteiger charge is 2.22. The van der Waals surface area contributed by atoms with Crippen LogP contribution in [-0.4, -0.2) is 41.0 Å². The van der Waals surface area contributed by atoms with E-state index in [0.29, 0.717) is 6.42 Å². The fourth-order valence-electron chi connectivity index (χ4n) is 5.43. The number of unbranched alkanes of at least 4 members (excludes halogenated alkanes) is 23. The zero-order chi connectivity index (χ0) is 34.0. The van der Waals surface area contributed by atoms with Gasteiger partial charge in [-0.15, -0.1) is 0 Å². The van der Waals surface area contributed by atoms with Crippen molar-refractivity contribution >= 4 is 19.8 Å². The minimum absolute atomic E-state index is 0.209. The summed E-state index contributed by atoms with van der Waals surface area (Å²) >= 11 is 0. The number of carbonyl (C=O) groups excluding carboxylic acids is 2. The van der Waals surface area contributed by atoms with E-state index < -0.39 is 32.5 Å². The molecule has 0 saturated carbocycles. The second kappa shape index (κ2) is 33.7. The summed E-state index contributed by atoms with van der Waals surface area (Å²) in [5.74, 6) is -0.884. The highest BCUT2D eigenvalue weighted by atomic mass is 31.2. The Hall–Kier alpha value is -1.21. The first-order valence-electron chi connectivity index (χ1n) is 19.0. The van der Waals surface area contributed by atoms with Crippen LogP contribution in [0.15, 0.2) is 12.2 Å². The van der Waals surface area contributed by atoms with Crippen LogP contribution in [0.3, 0.4) is 0 Å². The smallest absolute Gasteiger partial charge is 0.462 e. The van der Waals surface area contributed by atoms with Crippen molar-refractivity contribution in [2.24, 2.45) is 0 Å². The van der Waals surface area contributed by atoms with E-state index in [0.717, 1.165) is 44.9 Å². The van der Waals surface area contributed by atoms with Crippen molar-refractivity contribution in [3.05, 3.63) is 12.2 Å². The molecule has 0 bridgehead atoms. The molecule has 272 valence electrons. The Morgan fingerprint density at radius 3 is 1.33 bits per heavy atom. The molecule has 0 spiro atoms. The predicted octanol–water partition coefficient (Wildman–Crippen LogP) is 11.1. The van der Waals surface area contributed by atoms with Gasteiger partial charge in [0.15, 0.2) is 6.10 Å². The Morgan fingerprint density at radius 2 is 0.913 bits per heavy atom. The fraction of sp³-hybridized carbons (Fsp3) is 0.892. The summed E-state index contributed by atoms with van der Waals surface area (Å²) in [5.41, 5.74) is 0. The molecule has 0 aromatic rings. The normalized spacial score (nSPS) is 12.5. The van der Waals surface area contributed by atoms with Crippen LogP contribution in [0.5, 0.6) is 0 Å². The summed E-state index contributed by atoms with van der Waals surface area (Å²) in [6.07, 6.45) is 35.0. The molecule has 2 N–H and O–H groups in total. The standard InChI is InChI=1S/C37H71O8P/c1-3-5-7-9-11-13-15-17-18-20-22-24-26-28-30-32-37(39)45-35(34-44-46(40,41)42)33-43-36(38)31-29-27-25-23-21-19-16-14-12-10-8-6-4-2/h15,17,35H,3-14,16,18-34H2,1-2H3,(H2,40,41,42)/b17-15+/t35-/m1/s1. The average Bonchev–Trinajstić information content (AvgIpc) is 3.02. The highest BCUT2D eigenvalue weighted by Crippen LogP contribution is 2.36. The maximum atomic E-state index is 12.3. The van der Waals surface area contributed by atoms with E-state index in [4.69, 9.17) is 19.3 Å². The second-order valence-corrected chi connectivity index (χ2v) is 14.1. The molecule has 0 aromatic heterocycles. The number of rotatable bonds is 35. The summed E-state index contributed by atoms with van der Waals surface area (Å²) in [7, 11) is -4.74. The average molecular weight is 675 g/mol. The molecule has 0 heterocycles. The molecular formula is C37H71O8P. The largest absolute Gasteiger partial charge is 0.469 e. The molecule has 0 aliphatic heterocycles. The molecule has 0 aromatic carbocycles. The van der Waals surface area contributed by atoms with Crippen molar-refractivity contribution < 1.29 is 37.9 Å². The molecule has 1 atom stereocenters. The molecule has 0 rings (SSSR count). The van der Waals surface area contributed by atoms with Crippen molar-refractivity contribution in [2.45, 2.75) is 200 Å². The van der Waals surface area contributed by atoms with Gasteiger partial charge in [-0.3, -0.25) is 14.1 Å². The van der Waals surface area contributed by atoms with E-state index in [1.165, 1.54) is 116 Å². The number of esters is 2. The van der Waals surface area contributed by atoms with Crippen molar-refractivity contribution in [1.29, 1.82) is 0 Å². The van der Waals surface area contributed by atoms with Crippen LogP contribution in [0.25, 0.3) is 0 Å². The number of carbonyl (C=O) groups is 2. The highest BCUT2D eigenvalue weighted by molar-refractivity contribution is 7.46. The first-order valence-corrected chi connectivity index (χ1v) is 20.5. The molecule has 46 heavy (non-hydrogen) atoms. The van der Waals surface area contributed by atoms with Crippen molar-refractivity contribution in [3.63, 3.8) is 0 Å². The van der Waals surface area contributed by atoms with Crippen LogP contribution < -0.4 is 0 Å². The van der Waals surface area contributed by atoms with Crippen molar-refractivity contribution in [1.82, 2.24) is 0 Å². The van der Waals surface area contributed by atoms with Gasteiger partial charge in [-0.25, -0.2) is 4.57 Å². The minimum atomic E-state index is -4.74. The fourth-order valence-corrected chi connectivity index (χ4v) is 5.79. The number of hydrogen-bond donors (Lipinski definition) is 2. The maximum Gasteiger partial charge on any atom is 0.469 e. The number of phosphoric acid groups is 1. The van der Waals surface area contributed by atoms with Crippen LogP contribution in [0.4, 0.5) is 0 Å². The quantitative estimate of drug-likeness (QED) is 0.0295. The summed E-state index contributed by atoms with van der Waals surface area (Å²) < 4.78 is 26.3. The first-order chi connectivity index (χ1) is 22.3. The van der Waals surface area contributed by atoms with E-state index in [2.05, 4.69) is 30.5 Å². The third-order valence-electron chi connectivity index (χ3n) is 8.28. The van der Waals surface area contributed by atoms with Gasteiger partial charge in [0, 0.05) is 12.8 Å². The minimum Gasteiger partial charge on any atom is -0.462 e. The number of ether oxygens (including phenoxy) is 2. The SMILES string of the molecule is CCCCCCC/C=C/CCCCCCCCC(=O)O[C@H](COC(=O)CCCCCCCCCCCCCCC)COP(=O)(O)O. The van der Waals surface area contributed by atoms with Gasteiger partial charge in [-0.1, -0.05) is 154 Å². The third kappa shape index (κ3) is 35.6. The zero-order valence-corrected chi connectivity index (χ0v) is 30.6. The summed E-state index contributed by atoms with van der Waals surface area (Å²) in [6, 6.07) is 0. The molecule has 0 amide bonds. The molecule has 0 radical (unpaired) electrons. The Bertz CT molecular complexity index is 766. The molecule has 9 heteroatoms. The summed E-state index contributed by atoms with van der Waals surface area (Å²) in [6.45, 7) is 3.67. The van der Waals surface area contributed by atoms with Crippen LogP contribution in [0.1, 0.15) is 194 Å². The van der Waals surface area contributed by atoms with E-state index in [-0.39, 0.29) is 19.4 Å². The van der Waals surface area contributed by atoms with Crippen molar-refractivity contribution in [2.75, 3.05) is 13.2 Å². The van der Waals surface area contributed by atoms with Crippen LogP contribution >= 0.6 is 7.82 Å². The first kappa shape index (κ1) is 44.8. The monoisotopic (exact) mass is 674 g/mol. The van der Waals surface area contributed by atoms with E-state index in [1.54, 1.807) is 0 Å². The zero-order valence-electron chi connectivity index (χ0n) is 29.7. The molecule has 0 aliphatic carbocycles. The lowest BCUT2D eigenvalue weighted by Gasteiger charge is -2.18. The maximum absolute atomic E-state index is 12.3. The van der Waals surface area contributed by atoms with Gasteiger partial charge in [0.05, 0.1) is 6.61 Å². The third-order valence-corrected chi connectivity index (χ3v) is 8.77. The lowest BCUT2D eigenvalue weighted by Crippen LogP contribution is -2.29. The Balaban J connectivity index is 3.95. The van der Waals surface area contributed by atoms with Gasteiger partial charge >= 0.3 is 19.8 Å². The van der Waals surface area contributed by atoms with Gasteiger partial charge in [0.2, 0.25) is 0 Å². The van der Waals surface area contributed by atoms with Crippen molar-refractivity contribution in [3.8, 4) is 0 Å². The lowest BCUT2D eigenvalue weighted by atomic mass is 10.0. The molecule has 8 nitrogen and oxygen atoms in total. The Morgan fingerprint density at radius 1 is 0.543 bits per heavy atom. The Kier molecular flexibility index (Phi) is 32.8. The van der Waals surface area contributed by atoms with Gasteiger partial charge in [0.25, 0.3) is 0 Å². The topological polar surface area (TPSA) is 119 Å². The van der Waals surface area contributed by atoms with E-state index in [1.807, 2.05) is 0 Å².